The molecule has 1 aromatic heterocycles. The van der Waals surface area contributed by atoms with Gasteiger partial charge in [0.05, 0.1) is 15.9 Å². The van der Waals surface area contributed by atoms with Crippen LogP contribution in [-0.2, 0) is 12.8 Å². The first-order valence-corrected chi connectivity index (χ1v) is 7.93. The summed E-state index contributed by atoms with van der Waals surface area (Å²) in [7, 11) is 1.98. The molecular formula is C14H18BrN3S. The van der Waals surface area contributed by atoms with E-state index in [1.807, 2.05) is 25.6 Å². The van der Waals surface area contributed by atoms with E-state index in [0.29, 0.717) is 0 Å². The molecule has 0 saturated carbocycles. The van der Waals surface area contributed by atoms with Crippen LogP contribution in [0.1, 0.15) is 29.9 Å². The molecule has 1 aromatic carbocycles. The van der Waals surface area contributed by atoms with Gasteiger partial charge in [-0.1, -0.05) is 12.1 Å². The van der Waals surface area contributed by atoms with E-state index in [-0.39, 0.29) is 6.04 Å². The van der Waals surface area contributed by atoms with E-state index in [1.54, 1.807) is 11.8 Å². The Kier molecular flexibility index (Phi) is 4.71. The van der Waals surface area contributed by atoms with E-state index in [1.165, 1.54) is 16.2 Å². The topological polar surface area (TPSA) is 43.8 Å². The second-order valence-corrected chi connectivity index (χ2v) is 6.46. The first-order valence-electron chi connectivity index (χ1n) is 6.15. The number of aromatic nitrogens is 2. The van der Waals surface area contributed by atoms with Crippen LogP contribution >= 0.6 is 27.7 Å². The van der Waals surface area contributed by atoms with Gasteiger partial charge in [0.2, 0.25) is 0 Å². The third-order valence-electron chi connectivity index (χ3n) is 3.02. The Morgan fingerprint density at radius 3 is 2.79 bits per heavy atom. The van der Waals surface area contributed by atoms with Crippen LogP contribution in [0, 0.1) is 6.92 Å². The number of hydrogen-bond acceptors (Lipinski definition) is 3. The predicted octanol–water partition coefficient (Wildman–Crippen LogP) is 3.80. The van der Waals surface area contributed by atoms with Gasteiger partial charge in [-0.05, 0) is 47.5 Å². The fourth-order valence-corrected chi connectivity index (χ4v) is 3.57. The molecule has 5 heteroatoms. The lowest BCUT2D eigenvalue weighted by Gasteiger charge is -2.08. The number of benzene rings is 1. The number of rotatable bonds is 4. The Hall–Kier alpha value is -0.780. The molecule has 3 nitrogen and oxygen atoms in total. The molecule has 0 aliphatic heterocycles. The summed E-state index contributed by atoms with van der Waals surface area (Å²) in [5, 5.41) is 4.41. The minimum atomic E-state index is 0.0752. The maximum atomic E-state index is 5.91. The van der Waals surface area contributed by atoms with Crippen LogP contribution < -0.4 is 5.73 Å². The number of halogens is 1. The normalized spacial score (nSPS) is 12.7. The van der Waals surface area contributed by atoms with Gasteiger partial charge in [-0.25, -0.2) is 0 Å². The van der Waals surface area contributed by atoms with Crippen molar-refractivity contribution in [2.75, 3.05) is 0 Å². The van der Waals surface area contributed by atoms with E-state index in [0.717, 1.165) is 15.9 Å². The summed E-state index contributed by atoms with van der Waals surface area (Å²) in [5.74, 6) is 0.889. The Morgan fingerprint density at radius 2 is 2.21 bits per heavy atom. The second kappa shape index (κ2) is 6.11. The number of hydrogen-bond donors (Lipinski definition) is 1. The largest absolute Gasteiger partial charge is 0.324 e. The van der Waals surface area contributed by atoms with Crippen LogP contribution in [-0.4, -0.2) is 9.78 Å². The molecule has 19 heavy (non-hydrogen) atoms. The summed E-state index contributed by atoms with van der Waals surface area (Å²) in [6.45, 7) is 4.01. The quantitative estimate of drug-likeness (QED) is 0.861. The van der Waals surface area contributed by atoms with Gasteiger partial charge in [-0.15, -0.1) is 11.8 Å². The summed E-state index contributed by atoms with van der Waals surface area (Å²) >= 11 is 5.40. The van der Waals surface area contributed by atoms with Crippen LogP contribution in [0.5, 0.6) is 0 Å². The molecule has 0 radical (unpaired) electrons. The highest BCUT2D eigenvalue weighted by Gasteiger charge is 2.11. The highest BCUT2D eigenvalue weighted by Crippen LogP contribution is 2.29. The standard InChI is InChI=1S/C14H18BrN3S/c1-9(16)11-5-4-6-12(7-11)19-8-13-14(15)10(2)17-18(13)3/h4-7,9H,8,16H2,1-3H3. The third-order valence-corrected chi connectivity index (χ3v) is 5.06. The molecule has 1 heterocycles. The first-order chi connectivity index (χ1) is 8.99. The van der Waals surface area contributed by atoms with Gasteiger partial charge in [0, 0.05) is 23.7 Å². The van der Waals surface area contributed by atoms with Gasteiger partial charge in [0.1, 0.15) is 0 Å². The Labute approximate surface area is 126 Å². The summed E-state index contributed by atoms with van der Waals surface area (Å²) in [5.41, 5.74) is 9.31. The number of nitrogens with two attached hydrogens (primary N) is 1. The zero-order valence-corrected chi connectivity index (χ0v) is 13.8. The molecule has 2 N–H and O–H groups in total. The highest BCUT2D eigenvalue weighted by atomic mass is 79.9. The van der Waals surface area contributed by atoms with Crippen molar-refractivity contribution in [3.05, 3.63) is 45.7 Å². The summed E-state index contributed by atoms with van der Waals surface area (Å²) in [6, 6.07) is 8.48. The van der Waals surface area contributed by atoms with Crippen molar-refractivity contribution in [2.24, 2.45) is 12.8 Å². The van der Waals surface area contributed by atoms with Crippen molar-refractivity contribution >= 4 is 27.7 Å². The fraction of sp³-hybridized carbons (Fsp3) is 0.357. The Morgan fingerprint density at radius 1 is 1.47 bits per heavy atom. The molecule has 0 aliphatic carbocycles. The van der Waals surface area contributed by atoms with Crippen LogP contribution in [0.25, 0.3) is 0 Å². The minimum absolute atomic E-state index is 0.0752. The first kappa shape index (κ1) is 14.6. The maximum absolute atomic E-state index is 5.91. The SMILES string of the molecule is Cc1nn(C)c(CSc2cccc(C(C)N)c2)c1Br. The van der Waals surface area contributed by atoms with Crippen molar-refractivity contribution in [1.29, 1.82) is 0 Å². The molecule has 1 atom stereocenters. The molecule has 0 fully saturated rings. The van der Waals surface area contributed by atoms with E-state index < -0.39 is 0 Å². The number of thioether (sulfide) groups is 1. The maximum Gasteiger partial charge on any atom is 0.0738 e. The summed E-state index contributed by atoms with van der Waals surface area (Å²) in [4.78, 5) is 1.24. The van der Waals surface area contributed by atoms with Crippen LogP contribution in [0.4, 0.5) is 0 Å². The molecule has 0 aliphatic rings. The van der Waals surface area contributed by atoms with E-state index >= 15 is 0 Å². The summed E-state index contributed by atoms with van der Waals surface area (Å²) < 4.78 is 3.04. The zero-order valence-electron chi connectivity index (χ0n) is 11.4. The van der Waals surface area contributed by atoms with Gasteiger partial charge in [-0.2, -0.15) is 5.10 Å². The zero-order chi connectivity index (χ0) is 14.0. The van der Waals surface area contributed by atoms with Crippen LogP contribution in [0.3, 0.4) is 0 Å². The average Bonchev–Trinajstić information content (AvgIpc) is 2.61. The molecule has 0 bridgehead atoms. The van der Waals surface area contributed by atoms with E-state index in [4.69, 9.17) is 5.73 Å². The van der Waals surface area contributed by atoms with Crippen molar-refractivity contribution in [3.8, 4) is 0 Å². The van der Waals surface area contributed by atoms with Crippen molar-refractivity contribution in [1.82, 2.24) is 9.78 Å². The third kappa shape index (κ3) is 3.41. The second-order valence-electron chi connectivity index (χ2n) is 4.62. The molecule has 102 valence electrons. The van der Waals surface area contributed by atoms with Crippen LogP contribution in [0.15, 0.2) is 33.6 Å². The van der Waals surface area contributed by atoms with Gasteiger partial charge >= 0.3 is 0 Å². The highest BCUT2D eigenvalue weighted by molar-refractivity contribution is 9.10. The fourth-order valence-electron chi connectivity index (χ4n) is 1.88. The molecule has 0 saturated heterocycles. The van der Waals surface area contributed by atoms with Crippen molar-refractivity contribution in [3.63, 3.8) is 0 Å². The van der Waals surface area contributed by atoms with Crippen LogP contribution in [0.2, 0.25) is 0 Å². The lowest BCUT2D eigenvalue weighted by atomic mass is 10.1. The lowest BCUT2D eigenvalue weighted by molar-refractivity contribution is 0.727. The molecule has 0 spiro atoms. The Balaban J connectivity index is 2.12. The monoisotopic (exact) mass is 339 g/mol. The van der Waals surface area contributed by atoms with Gasteiger partial charge in [0.25, 0.3) is 0 Å². The van der Waals surface area contributed by atoms with Gasteiger partial charge < -0.3 is 5.73 Å². The van der Waals surface area contributed by atoms with E-state index in [2.05, 4.69) is 45.3 Å². The molecule has 0 amide bonds. The number of aryl methyl sites for hydroxylation is 2. The van der Waals surface area contributed by atoms with Gasteiger partial charge in [-0.3, -0.25) is 4.68 Å². The minimum Gasteiger partial charge on any atom is -0.324 e. The molecule has 2 aromatic rings. The molecule has 1 unspecified atom stereocenters. The molecular weight excluding hydrogens is 322 g/mol. The van der Waals surface area contributed by atoms with Crippen molar-refractivity contribution in [2.45, 2.75) is 30.5 Å². The summed E-state index contributed by atoms with van der Waals surface area (Å²) in [6.07, 6.45) is 0. The Bertz CT molecular complexity index is 578. The smallest absolute Gasteiger partial charge is 0.0738 e. The van der Waals surface area contributed by atoms with Crippen molar-refractivity contribution < 1.29 is 0 Å². The number of nitrogens with zero attached hydrogens (tertiary/aromatic N) is 2. The van der Waals surface area contributed by atoms with E-state index in [9.17, 15) is 0 Å². The molecule has 2 rings (SSSR count). The lowest BCUT2D eigenvalue weighted by Crippen LogP contribution is -2.04. The average molecular weight is 340 g/mol. The van der Waals surface area contributed by atoms with Gasteiger partial charge in [0.15, 0.2) is 0 Å². The predicted molar refractivity (Wildman–Crippen MR) is 84.3 cm³/mol.